The van der Waals surface area contributed by atoms with Gasteiger partial charge < -0.3 is 14.8 Å². The van der Waals surface area contributed by atoms with E-state index in [9.17, 15) is 0 Å². The molecule has 1 atom stereocenters. The first-order valence-electron chi connectivity index (χ1n) is 7.12. The number of methoxy groups -OCH3 is 2. The van der Waals surface area contributed by atoms with Crippen molar-refractivity contribution in [1.29, 1.82) is 5.26 Å². The number of hydrogen-bond donors (Lipinski definition) is 1. The summed E-state index contributed by atoms with van der Waals surface area (Å²) < 4.78 is 10.7. The highest BCUT2D eigenvalue weighted by Crippen LogP contribution is 2.29. The van der Waals surface area contributed by atoms with Crippen molar-refractivity contribution in [2.45, 2.75) is 19.5 Å². The molecule has 22 heavy (non-hydrogen) atoms. The van der Waals surface area contributed by atoms with Gasteiger partial charge in [-0.3, -0.25) is 0 Å². The summed E-state index contributed by atoms with van der Waals surface area (Å²) in [6, 6.07) is 15.7. The van der Waals surface area contributed by atoms with Crippen molar-refractivity contribution in [3.05, 3.63) is 59.2 Å². The van der Waals surface area contributed by atoms with E-state index in [2.05, 4.69) is 18.3 Å². The minimum absolute atomic E-state index is 0.136. The maximum Gasteiger partial charge on any atom is 0.127 e. The lowest BCUT2D eigenvalue weighted by atomic mass is 10.1. The van der Waals surface area contributed by atoms with E-state index in [0.29, 0.717) is 5.56 Å². The molecule has 4 heteroatoms. The van der Waals surface area contributed by atoms with Gasteiger partial charge in [0.2, 0.25) is 0 Å². The Morgan fingerprint density at radius 2 is 1.82 bits per heavy atom. The van der Waals surface area contributed by atoms with Crippen LogP contribution in [0.5, 0.6) is 11.5 Å². The SMILES string of the molecule is COc1ccc(C(C)NCc2ccc(C#N)cc2)c(OC)c1. The smallest absolute Gasteiger partial charge is 0.127 e. The van der Waals surface area contributed by atoms with Gasteiger partial charge in [0.25, 0.3) is 0 Å². The summed E-state index contributed by atoms with van der Waals surface area (Å²) in [7, 11) is 3.30. The zero-order valence-corrected chi connectivity index (χ0v) is 13.1. The van der Waals surface area contributed by atoms with Gasteiger partial charge in [-0.2, -0.15) is 5.26 Å². The topological polar surface area (TPSA) is 54.3 Å². The van der Waals surface area contributed by atoms with Gasteiger partial charge in [-0.15, -0.1) is 0 Å². The molecule has 0 saturated heterocycles. The Morgan fingerprint density at radius 3 is 2.41 bits per heavy atom. The first kappa shape index (κ1) is 15.9. The van der Waals surface area contributed by atoms with E-state index in [1.165, 1.54) is 0 Å². The van der Waals surface area contributed by atoms with E-state index >= 15 is 0 Å². The van der Waals surface area contributed by atoms with Crippen LogP contribution in [0, 0.1) is 11.3 Å². The predicted molar refractivity (Wildman–Crippen MR) is 86.0 cm³/mol. The molecule has 1 unspecified atom stereocenters. The van der Waals surface area contributed by atoms with Gasteiger partial charge in [0.05, 0.1) is 25.9 Å². The summed E-state index contributed by atoms with van der Waals surface area (Å²) in [5.41, 5.74) is 2.89. The zero-order chi connectivity index (χ0) is 15.9. The third-order valence-electron chi connectivity index (χ3n) is 3.60. The number of ether oxygens (including phenoxy) is 2. The molecule has 0 bridgehead atoms. The van der Waals surface area contributed by atoms with E-state index in [0.717, 1.165) is 29.2 Å². The number of rotatable bonds is 6. The minimum Gasteiger partial charge on any atom is -0.497 e. The van der Waals surface area contributed by atoms with Crippen LogP contribution < -0.4 is 14.8 Å². The molecular formula is C18H20N2O2. The maximum absolute atomic E-state index is 8.81. The Morgan fingerprint density at radius 1 is 1.09 bits per heavy atom. The average Bonchev–Trinajstić information content (AvgIpc) is 2.59. The van der Waals surface area contributed by atoms with E-state index in [1.54, 1.807) is 14.2 Å². The molecule has 0 spiro atoms. The van der Waals surface area contributed by atoms with Crippen LogP contribution in [-0.4, -0.2) is 14.2 Å². The third-order valence-corrected chi connectivity index (χ3v) is 3.60. The second-order valence-corrected chi connectivity index (χ2v) is 5.02. The molecule has 0 aliphatic rings. The Hall–Kier alpha value is -2.51. The summed E-state index contributed by atoms with van der Waals surface area (Å²) in [4.78, 5) is 0. The molecule has 0 fully saturated rings. The van der Waals surface area contributed by atoms with Crippen LogP contribution in [0.4, 0.5) is 0 Å². The number of benzene rings is 2. The fraction of sp³-hybridized carbons (Fsp3) is 0.278. The van der Waals surface area contributed by atoms with Crippen molar-refractivity contribution in [1.82, 2.24) is 5.32 Å². The molecule has 0 aliphatic carbocycles. The Balaban J connectivity index is 2.05. The van der Waals surface area contributed by atoms with Crippen molar-refractivity contribution in [2.75, 3.05) is 14.2 Å². The molecule has 0 amide bonds. The average molecular weight is 296 g/mol. The van der Waals surface area contributed by atoms with Gasteiger partial charge in [0.1, 0.15) is 11.5 Å². The van der Waals surface area contributed by atoms with Crippen molar-refractivity contribution in [3.63, 3.8) is 0 Å². The Labute approximate surface area is 131 Å². The molecule has 4 nitrogen and oxygen atoms in total. The molecule has 2 rings (SSSR count). The van der Waals surface area contributed by atoms with Crippen LogP contribution in [0.3, 0.4) is 0 Å². The standard InChI is InChI=1S/C18H20N2O2/c1-13(17-9-8-16(21-2)10-18(17)22-3)20-12-15-6-4-14(11-19)5-7-15/h4-10,13,20H,12H2,1-3H3. The fourth-order valence-corrected chi connectivity index (χ4v) is 2.25. The lowest BCUT2D eigenvalue weighted by Gasteiger charge is -2.18. The second kappa shape index (κ2) is 7.48. The number of nitrogens with one attached hydrogen (secondary N) is 1. The van der Waals surface area contributed by atoms with Crippen LogP contribution in [-0.2, 0) is 6.54 Å². The van der Waals surface area contributed by atoms with Crippen LogP contribution in [0.15, 0.2) is 42.5 Å². The Bertz CT molecular complexity index is 660. The first-order valence-corrected chi connectivity index (χ1v) is 7.12. The second-order valence-electron chi connectivity index (χ2n) is 5.02. The van der Waals surface area contributed by atoms with Gasteiger partial charge in [0.15, 0.2) is 0 Å². The molecule has 0 aliphatic heterocycles. The molecule has 2 aromatic carbocycles. The molecule has 0 saturated carbocycles. The maximum atomic E-state index is 8.81. The van der Waals surface area contributed by atoms with E-state index < -0.39 is 0 Å². The number of hydrogen-bond acceptors (Lipinski definition) is 4. The van der Waals surface area contributed by atoms with Crippen LogP contribution in [0.1, 0.15) is 29.7 Å². The van der Waals surface area contributed by atoms with E-state index in [1.807, 2.05) is 42.5 Å². The van der Waals surface area contributed by atoms with Crippen LogP contribution in [0.25, 0.3) is 0 Å². The highest BCUT2D eigenvalue weighted by Gasteiger charge is 2.12. The van der Waals surface area contributed by atoms with E-state index in [4.69, 9.17) is 14.7 Å². The summed E-state index contributed by atoms with van der Waals surface area (Å²) in [5, 5.41) is 12.3. The Kier molecular flexibility index (Phi) is 5.40. The van der Waals surface area contributed by atoms with Crippen molar-refractivity contribution < 1.29 is 9.47 Å². The van der Waals surface area contributed by atoms with Gasteiger partial charge in [0, 0.05) is 24.2 Å². The van der Waals surface area contributed by atoms with E-state index in [-0.39, 0.29) is 6.04 Å². The summed E-state index contributed by atoms with van der Waals surface area (Å²) >= 11 is 0. The van der Waals surface area contributed by atoms with Crippen LogP contribution >= 0.6 is 0 Å². The molecule has 0 aromatic heterocycles. The van der Waals surface area contributed by atoms with Crippen molar-refractivity contribution in [2.24, 2.45) is 0 Å². The van der Waals surface area contributed by atoms with Gasteiger partial charge in [-0.1, -0.05) is 18.2 Å². The van der Waals surface area contributed by atoms with Gasteiger partial charge in [-0.05, 0) is 30.7 Å². The zero-order valence-electron chi connectivity index (χ0n) is 13.1. The van der Waals surface area contributed by atoms with Gasteiger partial charge in [-0.25, -0.2) is 0 Å². The largest absolute Gasteiger partial charge is 0.497 e. The summed E-state index contributed by atoms with van der Waals surface area (Å²) in [6.45, 7) is 2.82. The van der Waals surface area contributed by atoms with Gasteiger partial charge >= 0.3 is 0 Å². The summed E-state index contributed by atoms with van der Waals surface area (Å²) in [5.74, 6) is 1.58. The summed E-state index contributed by atoms with van der Waals surface area (Å²) in [6.07, 6.45) is 0. The molecule has 0 radical (unpaired) electrons. The normalized spacial score (nSPS) is 11.5. The minimum atomic E-state index is 0.136. The highest BCUT2D eigenvalue weighted by atomic mass is 16.5. The van der Waals surface area contributed by atoms with Crippen molar-refractivity contribution in [3.8, 4) is 17.6 Å². The third kappa shape index (κ3) is 3.78. The fourth-order valence-electron chi connectivity index (χ4n) is 2.25. The first-order chi connectivity index (χ1) is 10.7. The molecule has 1 N–H and O–H groups in total. The molecule has 2 aromatic rings. The lowest BCUT2D eigenvalue weighted by Crippen LogP contribution is -2.18. The molecular weight excluding hydrogens is 276 g/mol. The number of nitrogens with zero attached hydrogens (tertiary/aromatic N) is 1. The predicted octanol–water partition coefficient (Wildman–Crippen LogP) is 3.43. The number of nitriles is 1. The van der Waals surface area contributed by atoms with Crippen molar-refractivity contribution >= 4 is 0 Å². The quantitative estimate of drug-likeness (QED) is 0.887. The highest BCUT2D eigenvalue weighted by molar-refractivity contribution is 5.42. The lowest BCUT2D eigenvalue weighted by molar-refractivity contribution is 0.386. The molecule has 0 heterocycles. The monoisotopic (exact) mass is 296 g/mol. The molecule has 114 valence electrons. The van der Waals surface area contributed by atoms with Crippen LogP contribution in [0.2, 0.25) is 0 Å².